The van der Waals surface area contributed by atoms with Crippen LogP contribution in [-0.2, 0) is 15.8 Å². The molecule has 0 spiro atoms. The van der Waals surface area contributed by atoms with Crippen LogP contribution in [0.5, 0.6) is 5.75 Å². The zero-order valence-electron chi connectivity index (χ0n) is 12.4. The van der Waals surface area contributed by atoms with Gasteiger partial charge in [-0.2, -0.15) is 0 Å². The molecule has 0 atom stereocenters. The van der Waals surface area contributed by atoms with Gasteiger partial charge in [0, 0.05) is 10.6 Å². The number of phenolic OH excluding ortho intramolecular Hbond substituents is 1. The summed E-state index contributed by atoms with van der Waals surface area (Å²) in [5, 5.41) is 20.3. The summed E-state index contributed by atoms with van der Waals surface area (Å²) < 4.78 is 22.5. The second kappa shape index (κ2) is 7.67. The first-order chi connectivity index (χ1) is 11.6. The van der Waals surface area contributed by atoms with E-state index in [1.54, 1.807) is 12.1 Å². The number of hydrogen-bond acceptors (Lipinski definition) is 4. The number of benzene rings is 2. The standard InChI is InChI=1S/C14H12Cl3N3O4S/c15-8-4-5-11(13(21)7(8)6-25(18,23)24)20-14(22)19-10-3-1-2-9(16)12(10)17/h1-5,21H,6H2,(H2,18,23,24)(H2,19,20,22). The molecule has 7 nitrogen and oxygen atoms in total. The van der Waals surface area contributed by atoms with E-state index in [0.29, 0.717) is 0 Å². The van der Waals surface area contributed by atoms with Crippen molar-refractivity contribution >= 4 is 62.2 Å². The molecule has 0 fully saturated rings. The zero-order chi connectivity index (χ0) is 18.8. The normalized spacial score (nSPS) is 11.2. The number of amides is 2. The molecule has 5 N–H and O–H groups in total. The van der Waals surface area contributed by atoms with Gasteiger partial charge < -0.3 is 15.7 Å². The second-order valence-corrected chi connectivity index (χ2v) is 7.72. The third-order valence-electron chi connectivity index (χ3n) is 3.02. The molecule has 0 saturated carbocycles. The summed E-state index contributed by atoms with van der Waals surface area (Å²) in [5.41, 5.74) is 0.0753. The van der Waals surface area contributed by atoms with Gasteiger partial charge in [-0.05, 0) is 24.3 Å². The molecule has 0 aromatic heterocycles. The Bertz CT molecular complexity index is 935. The average Bonchev–Trinajstić information content (AvgIpc) is 2.50. The van der Waals surface area contributed by atoms with Gasteiger partial charge in [0.25, 0.3) is 0 Å². The van der Waals surface area contributed by atoms with Gasteiger partial charge in [0.1, 0.15) is 5.75 Å². The molecule has 25 heavy (non-hydrogen) atoms. The maximum Gasteiger partial charge on any atom is 0.323 e. The van der Waals surface area contributed by atoms with Gasteiger partial charge in [0.2, 0.25) is 10.0 Å². The Hall–Kier alpha value is -1.71. The molecule has 11 heteroatoms. The molecule has 0 aliphatic carbocycles. The Kier molecular flexibility index (Phi) is 6.02. The minimum Gasteiger partial charge on any atom is -0.505 e. The van der Waals surface area contributed by atoms with Crippen molar-refractivity contribution in [2.75, 3.05) is 10.6 Å². The van der Waals surface area contributed by atoms with Gasteiger partial charge in [-0.25, -0.2) is 18.4 Å². The molecular weight excluding hydrogens is 413 g/mol. The number of sulfonamides is 1. The van der Waals surface area contributed by atoms with Crippen LogP contribution < -0.4 is 15.8 Å². The molecule has 0 saturated heterocycles. The topological polar surface area (TPSA) is 122 Å². The zero-order valence-corrected chi connectivity index (χ0v) is 15.5. The van der Waals surface area contributed by atoms with Crippen LogP contribution in [0.1, 0.15) is 5.56 Å². The maximum atomic E-state index is 12.1. The van der Waals surface area contributed by atoms with Crippen LogP contribution in [0, 0.1) is 0 Å². The van der Waals surface area contributed by atoms with Crippen LogP contribution in [0.4, 0.5) is 16.2 Å². The second-order valence-electron chi connectivity index (χ2n) is 4.91. The lowest BCUT2D eigenvalue weighted by Crippen LogP contribution is -2.20. The number of primary sulfonamides is 1. The quantitative estimate of drug-likeness (QED) is 0.558. The molecule has 2 amide bonds. The maximum absolute atomic E-state index is 12.1. The summed E-state index contributed by atoms with van der Waals surface area (Å²) in [7, 11) is -3.93. The van der Waals surface area contributed by atoms with Crippen molar-refractivity contribution in [3.63, 3.8) is 0 Å². The van der Waals surface area contributed by atoms with Crippen molar-refractivity contribution in [3.8, 4) is 5.75 Å². The number of hydrogen-bond donors (Lipinski definition) is 4. The largest absolute Gasteiger partial charge is 0.505 e. The van der Waals surface area contributed by atoms with E-state index in [0.717, 1.165) is 0 Å². The summed E-state index contributed by atoms with van der Waals surface area (Å²) in [4.78, 5) is 12.1. The molecule has 0 bridgehead atoms. The smallest absolute Gasteiger partial charge is 0.323 e. The first kappa shape index (κ1) is 19.6. The molecule has 0 unspecified atom stereocenters. The molecule has 0 heterocycles. The number of phenols is 1. The number of carbonyl (C=O) groups excluding carboxylic acids is 1. The van der Waals surface area contributed by atoms with Gasteiger partial charge in [0.15, 0.2) is 0 Å². The van der Waals surface area contributed by atoms with Crippen LogP contribution >= 0.6 is 34.8 Å². The van der Waals surface area contributed by atoms with Crippen LogP contribution in [0.3, 0.4) is 0 Å². The Morgan fingerprint density at radius 1 is 1.04 bits per heavy atom. The fourth-order valence-electron chi connectivity index (χ4n) is 1.93. The van der Waals surface area contributed by atoms with Crippen molar-refractivity contribution in [1.82, 2.24) is 0 Å². The third-order valence-corrected chi connectivity index (χ3v) is 4.88. The number of anilines is 2. The van der Waals surface area contributed by atoms with E-state index >= 15 is 0 Å². The molecule has 0 aliphatic heterocycles. The predicted molar refractivity (Wildman–Crippen MR) is 99.0 cm³/mol. The fraction of sp³-hybridized carbons (Fsp3) is 0.0714. The monoisotopic (exact) mass is 423 g/mol. The first-order valence-electron chi connectivity index (χ1n) is 6.61. The fourth-order valence-corrected chi connectivity index (χ4v) is 3.27. The van der Waals surface area contributed by atoms with Gasteiger partial charge >= 0.3 is 6.03 Å². The van der Waals surface area contributed by atoms with Gasteiger partial charge in [-0.3, -0.25) is 0 Å². The van der Waals surface area contributed by atoms with Crippen molar-refractivity contribution in [2.45, 2.75) is 5.75 Å². The van der Waals surface area contributed by atoms with E-state index in [4.69, 9.17) is 39.9 Å². The van der Waals surface area contributed by atoms with E-state index in [9.17, 15) is 18.3 Å². The highest BCUT2D eigenvalue weighted by molar-refractivity contribution is 7.88. The number of carbonyl (C=O) groups is 1. The molecule has 2 rings (SSSR count). The van der Waals surface area contributed by atoms with Crippen molar-refractivity contribution in [3.05, 3.63) is 51.0 Å². The summed E-state index contributed by atoms with van der Waals surface area (Å²) in [5.74, 6) is -1.19. The van der Waals surface area contributed by atoms with Crippen LogP contribution in [0.2, 0.25) is 15.1 Å². The average molecular weight is 425 g/mol. The van der Waals surface area contributed by atoms with Gasteiger partial charge in [0.05, 0.1) is 27.2 Å². The third kappa shape index (κ3) is 5.13. The summed E-state index contributed by atoms with van der Waals surface area (Å²) in [6.07, 6.45) is 0. The number of aromatic hydroxyl groups is 1. The van der Waals surface area contributed by atoms with Crippen LogP contribution in [0.15, 0.2) is 30.3 Å². The first-order valence-corrected chi connectivity index (χ1v) is 9.46. The minimum atomic E-state index is -3.93. The molecule has 0 aliphatic rings. The molecule has 2 aromatic rings. The van der Waals surface area contributed by atoms with Crippen molar-refractivity contribution in [1.29, 1.82) is 0 Å². The van der Waals surface area contributed by atoms with Gasteiger partial charge in [-0.1, -0.05) is 40.9 Å². The molecular formula is C14H12Cl3N3O4S. The van der Waals surface area contributed by atoms with E-state index in [1.165, 1.54) is 18.2 Å². The lowest BCUT2D eigenvalue weighted by atomic mass is 10.2. The molecule has 134 valence electrons. The number of urea groups is 1. The van der Waals surface area contributed by atoms with E-state index in [-0.39, 0.29) is 32.0 Å². The number of nitrogens with two attached hydrogens (primary N) is 1. The highest BCUT2D eigenvalue weighted by Crippen LogP contribution is 2.35. The Balaban J connectivity index is 2.24. The summed E-state index contributed by atoms with van der Waals surface area (Å²) in [6, 6.07) is 6.57. The van der Waals surface area contributed by atoms with Crippen LogP contribution in [-0.4, -0.2) is 19.6 Å². The summed E-state index contributed by atoms with van der Waals surface area (Å²) in [6.45, 7) is 0. The molecule has 0 radical (unpaired) electrons. The number of rotatable bonds is 4. The number of nitrogens with one attached hydrogen (secondary N) is 2. The number of halogens is 3. The van der Waals surface area contributed by atoms with E-state index in [1.807, 2.05) is 0 Å². The lowest BCUT2D eigenvalue weighted by Gasteiger charge is -2.13. The lowest BCUT2D eigenvalue weighted by molar-refractivity contribution is 0.262. The predicted octanol–water partition coefficient (Wildman–Crippen LogP) is 3.78. The Morgan fingerprint density at radius 2 is 1.68 bits per heavy atom. The highest BCUT2D eigenvalue weighted by Gasteiger charge is 2.18. The Labute approximate surface area is 158 Å². The van der Waals surface area contributed by atoms with Crippen molar-refractivity contribution in [2.24, 2.45) is 5.14 Å². The molecule has 2 aromatic carbocycles. The van der Waals surface area contributed by atoms with Crippen molar-refractivity contribution < 1.29 is 18.3 Å². The highest BCUT2D eigenvalue weighted by atomic mass is 35.5. The van der Waals surface area contributed by atoms with E-state index < -0.39 is 27.6 Å². The summed E-state index contributed by atoms with van der Waals surface area (Å²) >= 11 is 17.7. The SMILES string of the molecule is NS(=O)(=O)Cc1c(Cl)ccc(NC(=O)Nc2cccc(Cl)c2Cl)c1O. The minimum absolute atomic E-state index is 0.00429. The Morgan fingerprint density at radius 3 is 2.32 bits per heavy atom. The van der Waals surface area contributed by atoms with E-state index in [2.05, 4.69) is 10.6 Å². The van der Waals surface area contributed by atoms with Gasteiger partial charge in [-0.15, -0.1) is 0 Å². The van der Waals surface area contributed by atoms with Crippen LogP contribution in [0.25, 0.3) is 0 Å².